The molecular formula is C20H21FN2O3S. The summed E-state index contributed by atoms with van der Waals surface area (Å²) >= 11 is 1.42. The van der Waals surface area contributed by atoms with Crippen LogP contribution in [0.3, 0.4) is 0 Å². The van der Waals surface area contributed by atoms with E-state index in [9.17, 15) is 14.0 Å². The second-order valence-corrected chi connectivity index (χ2v) is 7.35. The van der Waals surface area contributed by atoms with E-state index in [2.05, 4.69) is 23.0 Å². The molecule has 142 valence electrons. The lowest BCUT2D eigenvalue weighted by atomic mass is 10.1. The summed E-state index contributed by atoms with van der Waals surface area (Å²) in [6.07, 6.45) is 2.45. The highest BCUT2D eigenvalue weighted by Gasteiger charge is 2.17. The van der Waals surface area contributed by atoms with Crippen LogP contribution in [0.4, 0.5) is 4.39 Å². The maximum Gasteiger partial charge on any atom is 0.279 e. The minimum atomic E-state index is -0.952. The zero-order chi connectivity index (χ0) is 19.2. The molecule has 0 aromatic heterocycles. The highest BCUT2D eigenvalue weighted by molar-refractivity contribution is 8.00. The lowest BCUT2D eigenvalue weighted by molar-refractivity contribution is -0.132. The van der Waals surface area contributed by atoms with Crippen LogP contribution in [0.5, 0.6) is 5.75 Å². The number of fused-ring (bicyclic) bond motifs is 1. The molecule has 0 bridgehead atoms. The van der Waals surface area contributed by atoms with Crippen LogP contribution in [0.15, 0.2) is 47.4 Å². The molecule has 1 aliphatic carbocycles. The molecule has 0 aliphatic heterocycles. The van der Waals surface area contributed by atoms with Crippen LogP contribution >= 0.6 is 11.8 Å². The Labute approximate surface area is 161 Å². The monoisotopic (exact) mass is 388 g/mol. The molecule has 7 heteroatoms. The fourth-order valence-electron chi connectivity index (χ4n) is 2.84. The average Bonchev–Trinajstić information content (AvgIpc) is 3.14. The van der Waals surface area contributed by atoms with Gasteiger partial charge in [0.1, 0.15) is 0 Å². The van der Waals surface area contributed by atoms with Gasteiger partial charge < -0.3 is 4.74 Å². The zero-order valence-electron chi connectivity index (χ0n) is 15.0. The van der Waals surface area contributed by atoms with Gasteiger partial charge in [-0.1, -0.05) is 18.2 Å². The van der Waals surface area contributed by atoms with E-state index in [1.165, 1.54) is 54.4 Å². The third kappa shape index (κ3) is 5.23. The number of ether oxygens (including phenoxy) is 1. The van der Waals surface area contributed by atoms with Gasteiger partial charge >= 0.3 is 0 Å². The second kappa shape index (κ2) is 8.90. The van der Waals surface area contributed by atoms with Crippen molar-refractivity contribution in [2.75, 3.05) is 5.75 Å². The number of hydrazine groups is 1. The molecule has 5 nitrogen and oxygen atoms in total. The summed E-state index contributed by atoms with van der Waals surface area (Å²) in [6.45, 7) is 1.48. The van der Waals surface area contributed by atoms with Crippen molar-refractivity contribution < 1.29 is 18.7 Å². The number of halogens is 1. The lowest BCUT2D eigenvalue weighted by Gasteiger charge is -2.15. The number of hydrogen-bond donors (Lipinski definition) is 2. The van der Waals surface area contributed by atoms with E-state index < -0.39 is 17.8 Å². The minimum Gasteiger partial charge on any atom is -0.478 e. The number of nitrogens with one attached hydrogen (secondary N) is 2. The summed E-state index contributed by atoms with van der Waals surface area (Å²) in [5.74, 6) is -1.27. The van der Waals surface area contributed by atoms with Crippen molar-refractivity contribution in [3.05, 3.63) is 59.4 Å². The van der Waals surface area contributed by atoms with E-state index in [1.54, 1.807) is 6.07 Å². The number of benzene rings is 2. The molecule has 1 unspecified atom stereocenters. The molecule has 0 radical (unpaired) electrons. The van der Waals surface area contributed by atoms with Gasteiger partial charge in [-0.25, -0.2) is 4.39 Å². The largest absolute Gasteiger partial charge is 0.478 e. The molecule has 0 saturated carbocycles. The van der Waals surface area contributed by atoms with Crippen molar-refractivity contribution in [3.63, 3.8) is 0 Å². The van der Waals surface area contributed by atoms with Crippen LogP contribution in [-0.4, -0.2) is 23.7 Å². The van der Waals surface area contributed by atoms with Gasteiger partial charge in [-0.2, -0.15) is 0 Å². The van der Waals surface area contributed by atoms with E-state index in [1.807, 2.05) is 6.07 Å². The fraction of sp³-hybridized carbons (Fsp3) is 0.300. The van der Waals surface area contributed by atoms with E-state index in [4.69, 9.17) is 4.74 Å². The molecule has 2 amide bonds. The van der Waals surface area contributed by atoms with Gasteiger partial charge in [0.25, 0.3) is 5.91 Å². The Morgan fingerprint density at radius 2 is 1.93 bits per heavy atom. The SMILES string of the molecule is CC(Oc1ccccc1F)C(=O)NNC(=O)CSc1ccc2c(c1)CCC2. The van der Waals surface area contributed by atoms with Gasteiger partial charge in [0.15, 0.2) is 17.7 Å². The van der Waals surface area contributed by atoms with Crippen molar-refractivity contribution in [2.45, 2.75) is 37.2 Å². The van der Waals surface area contributed by atoms with Gasteiger partial charge in [-0.3, -0.25) is 20.4 Å². The van der Waals surface area contributed by atoms with Crippen LogP contribution in [0.1, 0.15) is 24.5 Å². The number of thioether (sulfide) groups is 1. The first-order valence-corrected chi connectivity index (χ1v) is 9.76. The Bertz CT molecular complexity index is 844. The second-order valence-electron chi connectivity index (χ2n) is 6.30. The average molecular weight is 388 g/mol. The number of amides is 2. The quantitative estimate of drug-likeness (QED) is 0.590. The van der Waals surface area contributed by atoms with Crippen molar-refractivity contribution in [2.24, 2.45) is 0 Å². The standard InChI is InChI=1S/C20H21FN2O3S/c1-13(26-18-8-3-2-7-17(18)21)20(25)23-22-19(24)12-27-16-10-9-14-5-4-6-15(14)11-16/h2-3,7-11,13H,4-6,12H2,1H3,(H,22,24)(H,23,25). The van der Waals surface area contributed by atoms with Crippen molar-refractivity contribution in [3.8, 4) is 5.75 Å². The molecule has 3 rings (SSSR count). The van der Waals surface area contributed by atoms with Gasteiger partial charge in [0.05, 0.1) is 5.75 Å². The van der Waals surface area contributed by atoms with Crippen LogP contribution in [-0.2, 0) is 22.4 Å². The van der Waals surface area contributed by atoms with E-state index in [0.29, 0.717) is 0 Å². The minimum absolute atomic E-state index is 0.0151. The van der Waals surface area contributed by atoms with Gasteiger partial charge in [0.2, 0.25) is 5.91 Å². The van der Waals surface area contributed by atoms with Crippen molar-refractivity contribution >= 4 is 23.6 Å². The predicted octanol–water partition coefficient (Wildman–Crippen LogP) is 3.02. The number of aryl methyl sites for hydroxylation is 2. The highest BCUT2D eigenvalue weighted by atomic mass is 32.2. The molecule has 0 heterocycles. The normalized spacial score (nSPS) is 13.6. The van der Waals surface area contributed by atoms with Gasteiger partial charge in [-0.15, -0.1) is 11.8 Å². The fourth-order valence-corrected chi connectivity index (χ4v) is 3.60. The highest BCUT2D eigenvalue weighted by Crippen LogP contribution is 2.27. The smallest absolute Gasteiger partial charge is 0.279 e. The van der Waals surface area contributed by atoms with Gasteiger partial charge in [-0.05, 0) is 61.6 Å². The Kier molecular flexibility index (Phi) is 6.34. The molecule has 2 N–H and O–H groups in total. The summed E-state index contributed by atoms with van der Waals surface area (Å²) in [5.41, 5.74) is 7.40. The summed E-state index contributed by atoms with van der Waals surface area (Å²) in [5, 5.41) is 0. The van der Waals surface area contributed by atoms with E-state index >= 15 is 0 Å². The zero-order valence-corrected chi connectivity index (χ0v) is 15.8. The number of carbonyl (C=O) groups excluding carboxylic acids is 2. The summed E-state index contributed by atoms with van der Waals surface area (Å²) in [7, 11) is 0. The molecule has 0 spiro atoms. The van der Waals surface area contributed by atoms with Crippen molar-refractivity contribution in [1.82, 2.24) is 10.9 Å². The predicted molar refractivity (Wildman–Crippen MR) is 102 cm³/mol. The molecule has 2 aromatic rings. The first-order valence-electron chi connectivity index (χ1n) is 8.77. The Hall–Kier alpha value is -2.54. The topological polar surface area (TPSA) is 67.4 Å². The van der Waals surface area contributed by atoms with Crippen molar-refractivity contribution in [1.29, 1.82) is 0 Å². The Morgan fingerprint density at radius 1 is 1.15 bits per heavy atom. The molecule has 0 fully saturated rings. The number of rotatable bonds is 6. The number of hydrogen-bond acceptors (Lipinski definition) is 4. The van der Waals surface area contributed by atoms with Crippen LogP contribution < -0.4 is 15.6 Å². The third-order valence-electron chi connectivity index (χ3n) is 4.27. The number of carbonyl (C=O) groups is 2. The van der Waals surface area contributed by atoms with E-state index in [0.717, 1.165) is 17.7 Å². The summed E-state index contributed by atoms with van der Waals surface area (Å²) in [4.78, 5) is 25.0. The maximum atomic E-state index is 13.5. The lowest BCUT2D eigenvalue weighted by Crippen LogP contribution is -2.47. The Morgan fingerprint density at radius 3 is 2.74 bits per heavy atom. The van der Waals surface area contributed by atoms with Crippen LogP contribution in [0.25, 0.3) is 0 Å². The Balaban J connectivity index is 1.42. The van der Waals surface area contributed by atoms with Crippen LogP contribution in [0, 0.1) is 5.82 Å². The molecule has 0 saturated heterocycles. The molecule has 1 atom stereocenters. The van der Waals surface area contributed by atoms with Gasteiger partial charge in [0, 0.05) is 4.90 Å². The molecular weight excluding hydrogens is 367 g/mol. The molecule has 2 aromatic carbocycles. The van der Waals surface area contributed by atoms with E-state index in [-0.39, 0.29) is 17.4 Å². The van der Waals surface area contributed by atoms with Crippen LogP contribution in [0.2, 0.25) is 0 Å². The summed E-state index contributed by atoms with van der Waals surface area (Å²) in [6, 6.07) is 12.1. The third-order valence-corrected chi connectivity index (χ3v) is 5.27. The summed E-state index contributed by atoms with van der Waals surface area (Å²) < 4.78 is 18.8. The molecule has 27 heavy (non-hydrogen) atoms. The maximum absolute atomic E-state index is 13.5. The first kappa shape index (κ1) is 19.2. The number of para-hydroxylation sites is 1. The first-order chi connectivity index (χ1) is 13.0. The molecule has 1 aliphatic rings.